The topological polar surface area (TPSA) is 46.9 Å². The fraction of sp³-hybridized carbons (Fsp3) is 0.158. The normalized spacial score (nSPS) is 10.6. The quantitative estimate of drug-likeness (QED) is 0.717. The van der Waals surface area contributed by atoms with Gasteiger partial charge in [-0.15, -0.1) is 0 Å². The summed E-state index contributed by atoms with van der Waals surface area (Å²) in [5.41, 5.74) is 4.77. The Morgan fingerprint density at radius 2 is 1.88 bits per heavy atom. The Kier molecular flexibility index (Phi) is 4.81. The molecule has 0 fully saturated rings. The van der Waals surface area contributed by atoms with Gasteiger partial charge in [-0.25, -0.2) is 0 Å². The second-order valence-electron chi connectivity index (χ2n) is 5.81. The van der Waals surface area contributed by atoms with Crippen LogP contribution in [0.5, 0.6) is 0 Å². The van der Waals surface area contributed by atoms with E-state index in [2.05, 4.69) is 26.3 Å². The van der Waals surface area contributed by atoms with Crippen molar-refractivity contribution in [3.8, 4) is 0 Å². The van der Waals surface area contributed by atoms with E-state index < -0.39 is 0 Å². The summed E-state index contributed by atoms with van der Waals surface area (Å²) in [5, 5.41) is 7.19. The standard InChI is InChI=1S/C19H18BrN3O/c1-13-3-6-16(9-14(13)2)19(24)22-18-10-21-23(12-18)11-15-4-7-17(20)8-5-15/h3-10,12H,11H2,1-2H3,(H,22,24). The first-order valence-electron chi connectivity index (χ1n) is 7.67. The summed E-state index contributed by atoms with van der Waals surface area (Å²) in [6, 6.07) is 13.8. The lowest BCUT2D eigenvalue weighted by molar-refractivity contribution is 0.102. The highest BCUT2D eigenvalue weighted by molar-refractivity contribution is 9.10. The maximum Gasteiger partial charge on any atom is 0.255 e. The smallest absolute Gasteiger partial charge is 0.255 e. The molecule has 0 bridgehead atoms. The molecule has 0 radical (unpaired) electrons. The van der Waals surface area contributed by atoms with Crippen molar-refractivity contribution in [2.45, 2.75) is 20.4 Å². The van der Waals surface area contributed by atoms with E-state index in [1.165, 1.54) is 5.56 Å². The summed E-state index contributed by atoms with van der Waals surface area (Å²) >= 11 is 3.42. The average molecular weight is 384 g/mol. The van der Waals surface area contributed by atoms with E-state index in [-0.39, 0.29) is 5.91 Å². The van der Waals surface area contributed by atoms with E-state index in [0.29, 0.717) is 17.8 Å². The predicted octanol–water partition coefficient (Wildman–Crippen LogP) is 4.56. The summed E-state index contributed by atoms with van der Waals surface area (Å²) in [6.07, 6.45) is 3.50. The molecule has 4 nitrogen and oxygen atoms in total. The number of carbonyl (C=O) groups is 1. The molecule has 1 amide bonds. The van der Waals surface area contributed by atoms with Crippen LogP contribution in [0.1, 0.15) is 27.0 Å². The van der Waals surface area contributed by atoms with Gasteiger partial charge in [0.15, 0.2) is 0 Å². The van der Waals surface area contributed by atoms with Crippen LogP contribution in [0.4, 0.5) is 5.69 Å². The number of nitrogens with zero attached hydrogens (tertiary/aromatic N) is 2. The lowest BCUT2D eigenvalue weighted by atomic mass is 10.1. The third-order valence-electron chi connectivity index (χ3n) is 3.92. The number of benzene rings is 2. The van der Waals surface area contributed by atoms with Gasteiger partial charge in [0.05, 0.1) is 18.4 Å². The molecule has 3 rings (SSSR count). The van der Waals surface area contributed by atoms with Crippen molar-refractivity contribution >= 4 is 27.5 Å². The van der Waals surface area contributed by atoms with Crippen molar-refractivity contribution in [3.63, 3.8) is 0 Å². The van der Waals surface area contributed by atoms with Crippen LogP contribution in [-0.2, 0) is 6.54 Å². The second kappa shape index (κ2) is 7.01. The molecule has 0 aliphatic heterocycles. The lowest BCUT2D eigenvalue weighted by Gasteiger charge is -2.05. The predicted molar refractivity (Wildman–Crippen MR) is 99.3 cm³/mol. The van der Waals surface area contributed by atoms with Gasteiger partial charge in [-0.3, -0.25) is 9.48 Å². The maximum absolute atomic E-state index is 12.3. The zero-order valence-electron chi connectivity index (χ0n) is 13.6. The molecule has 0 aliphatic carbocycles. The van der Waals surface area contributed by atoms with E-state index in [4.69, 9.17) is 0 Å². The Morgan fingerprint density at radius 3 is 2.58 bits per heavy atom. The molecule has 122 valence electrons. The van der Waals surface area contributed by atoms with Crippen LogP contribution in [0, 0.1) is 13.8 Å². The molecule has 1 heterocycles. The summed E-state index contributed by atoms with van der Waals surface area (Å²) in [7, 11) is 0. The van der Waals surface area contributed by atoms with Gasteiger partial charge in [0.2, 0.25) is 0 Å². The van der Waals surface area contributed by atoms with Gasteiger partial charge in [-0.2, -0.15) is 5.10 Å². The third-order valence-corrected chi connectivity index (χ3v) is 4.45. The van der Waals surface area contributed by atoms with Crippen LogP contribution in [0.15, 0.2) is 59.3 Å². The Morgan fingerprint density at radius 1 is 1.12 bits per heavy atom. The molecule has 2 aromatic carbocycles. The SMILES string of the molecule is Cc1ccc(C(=O)Nc2cnn(Cc3ccc(Br)cc3)c2)cc1C. The Bertz CT molecular complexity index is 869. The number of aryl methyl sites for hydroxylation is 2. The Balaban J connectivity index is 1.68. The van der Waals surface area contributed by atoms with Crippen LogP contribution in [0.2, 0.25) is 0 Å². The highest BCUT2D eigenvalue weighted by Gasteiger charge is 2.08. The van der Waals surface area contributed by atoms with Crippen molar-refractivity contribution in [2.75, 3.05) is 5.32 Å². The van der Waals surface area contributed by atoms with Crippen LogP contribution in [0.25, 0.3) is 0 Å². The molecule has 1 aromatic heterocycles. The average Bonchev–Trinajstić information content (AvgIpc) is 2.99. The molecule has 0 saturated carbocycles. The number of aromatic nitrogens is 2. The summed E-state index contributed by atoms with van der Waals surface area (Å²) in [6.45, 7) is 4.69. The maximum atomic E-state index is 12.3. The number of nitrogens with one attached hydrogen (secondary N) is 1. The summed E-state index contributed by atoms with van der Waals surface area (Å²) in [4.78, 5) is 12.3. The van der Waals surface area contributed by atoms with Crippen molar-refractivity contribution in [1.82, 2.24) is 9.78 Å². The molecular formula is C19H18BrN3O. The fourth-order valence-electron chi connectivity index (χ4n) is 2.38. The summed E-state index contributed by atoms with van der Waals surface area (Å²) in [5.74, 6) is -0.124. The molecule has 0 atom stereocenters. The van der Waals surface area contributed by atoms with E-state index in [1.807, 2.05) is 62.5 Å². The zero-order valence-corrected chi connectivity index (χ0v) is 15.2. The van der Waals surface area contributed by atoms with Crippen molar-refractivity contribution < 1.29 is 4.79 Å². The molecule has 0 aliphatic rings. The molecular weight excluding hydrogens is 366 g/mol. The monoisotopic (exact) mass is 383 g/mol. The minimum atomic E-state index is -0.124. The molecule has 5 heteroatoms. The minimum absolute atomic E-state index is 0.124. The zero-order chi connectivity index (χ0) is 17.1. The van der Waals surface area contributed by atoms with Crippen molar-refractivity contribution in [2.24, 2.45) is 0 Å². The first-order chi connectivity index (χ1) is 11.5. The number of hydrogen-bond acceptors (Lipinski definition) is 2. The van der Waals surface area contributed by atoms with Crippen molar-refractivity contribution in [1.29, 1.82) is 0 Å². The molecule has 24 heavy (non-hydrogen) atoms. The van der Waals surface area contributed by atoms with E-state index in [1.54, 1.807) is 10.9 Å². The second-order valence-corrected chi connectivity index (χ2v) is 6.72. The van der Waals surface area contributed by atoms with E-state index >= 15 is 0 Å². The van der Waals surface area contributed by atoms with Gasteiger partial charge in [-0.05, 0) is 54.8 Å². The Labute approximate surface area is 149 Å². The molecule has 0 spiro atoms. The number of hydrogen-bond donors (Lipinski definition) is 1. The minimum Gasteiger partial charge on any atom is -0.319 e. The van der Waals surface area contributed by atoms with Gasteiger partial charge in [0, 0.05) is 16.2 Å². The van der Waals surface area contributed by atoms with Gasteiger partial charge < -0.3 is 5.32 Å². The van der Waals surface area contributed by atoms with Crippen LogP contribution in [0.3, 0.4) is 0 Å². The van der Waals surface area contributed by atoms with Gasteiger partial charge in [-0.1, -0.05) is 34.1 Å². The number of halogens is 1. The number of anilines is 1. The van der Waals surface area contributed by atoms with Gasteiger partial charge in [0.25, 0.3) is 5.91 Å². The number of rotatable bonds is 4. The Hall–Kier alpha value is -2.40. The number of amides is 1. The number of carbonyl (C=O) groups excluding carboxylic acids is 1. The molecule has 1 N–H and O–H groups in total. The first-order valence-corrected chi connectivity index (χ1v) is 8.46. The molecule has 3 aromatic rings. The molecule has 0 saturated heterocycles. The van der Waals surface area contributed by atoms with Crippen LogP contribution in [-0.4, -0.2) is 15.7 Å². The largest absolute Gasteiger partial charge is 0.319 e. The van der Waals surface area contributed by atoms with Crippen LogP contribution >= 0.6 is 15.9 Å². The van der Waals surface area contributed by atoms with Crippen molar-refractivity contribution in [3.05, 3.63) is 81.6 Å². The molecule has 0 unspecified atom stereocenters. The summed E-state index contributed by atoms with van der Waals surface area (Å²) < 4.78 is 2.85. The fourth-order valence-corrected chi connectivity index (χ4v) is 2.64. The highest BCUT2D eigenvalue weighted by atomic mass is 79.9. The first kappa shape index (κ1) is 16.5. The van der Waals surface area contributed by atoms with Crippen LogP contribution < -0.4 is 5.32 Å². The van der Waals surface area contributed by atoms with E-state index in [0.717, 1.165) is 15.6 Å². The van der Waals surface area contributed by atoms with E-state index in [9.17, 15) is 4.79 Å². The van der Waals surface area contributed by atoms with Gasteiger partial charge in [0.1, 0.15) is 0 Å². The lowest BCUT2D eigenvalue weighted by Crippen LogP contribution is -2.11. The third kappa shape index (κ3) is 3.92. The van der Waals surface area contributed by atoms with Gasteiger partial charge >= 0.3 is 0 Å². The highest BCUT2D eigenvalue weighted by Crippen LogP contribution is 2.14.